The molecule has 0 spiro atoms. The maximum absolute atomic E-state index is 11.8. The zero-order valence-electron chi connectivity index (χ0n) is 8.95. The van der Waals surface area contributed by atoms with Crippen LogP contribution < -0.4 is 10.7 Å². The molecule has 4 nitrogen and oxygen atoms in total. The predicted molar refractivity (Wildman–Crippen MR) is 62.3 cm³/mol. The van der Waals surface area contributed by atoms with E-state index in [2.05, 4.69) is 22.8 Å². The first-order valence-electron chi connectivity index (χ1n) is 5.60. The van der Waals surface area contributed by atoms with Crippen LogP contribution in [0.25, 0.3) is 0 Å². The molecule has 0 saturated heterocycles. The molecular formula is C10H17N3OS. The fraction of sp³-hybridized carbons (Fsp3) is 0.800. The van der Waals surface area contributed by atoms with E-state index in [9.17, 15) is 4.79 Å². The second kappa shape index (κ2) is 4.88. The van der Waals surface area contributed by atoms with Crippen molar-refractivity contribution in [1.82, 2.24) is 10.7 Å². The summed E-state index contributed by atoms with van der Waals surface area (Å²) in [6.07, 6.45) is 5.46. The van der Waals surface area contributed by atoms with Gasteiger partial charge in [-0.25, -0.2) is 0 Å². The van der Waals surface area contributed by atoms with Crippen LogP contribution in [0.4, 0.5) is 0 Å². The Bertz CT molecular complexity index is 274. The maximum Gasteiger partial charge on any atom is 0.229 e. The molecule has 0 aromatic rings. The van der Waals surface area contributed by atoms with Gasteiger partial charge in [-0.15, -0.1) is 0 Å². The Morgan fingerprint density at radius 2 is 2.33 bits per heavy atom. The second-order valence-corrected chi connectivity index (χ2v) is 5.22. The van der Waals surface area contributed by atoms with E-state index in [1.165, 1.54) is 12.8 Å². The van der Waals surface area contributed by atoms with Crippen molar-refractivity contribution in [2.24, 2.45) is 11.0 Å². The highest BCUT2D eigenvalue weighted by molar-refractivity contribution is 8.14. The summed E-state index contributed by atoms with van der Waals surface area (Å²) in [6.45, 7) is 2.10. The Balaban J connectivity index is 1.79. The van der Waals surface area contributed by atoms with Gasteiger partial charge in [-0.3, -0.25) is 10.2 Å². The third-order valence-corrected chi connectivity index (χ3v) is 4.03. The fourth-order valence-electron chi connectivity index (χ4n) is 1.95. The Kier molecular flexibility index (Phi) is 3.51. The van der Waals surface area contributed by atoms with Gasteiger partial charge in [-0.2, -0.15) is 5.10 Å². The summed E-state index contributed by atoms with van der Waals surface area (Å²) in [5.74, 6) is 0.367. The molecule has 1 saturated carbocycles. The van der Waals surface area contributed by atoms with Gasteiger partial charge >= 0.3 is 0 Å². The average Bonchev–Trinajstić information content (AvgIpc) is 2.87. The number of nitrogens with zero attached hydrogens (tertiary/aromatic N) is 1. The van der Waals surface area contributed by atoms with Crippen LogP contribution in [0.1, 0.15) is 39.0 Å². The van der Waals surface area contributed by atoms with Crippen molar-refractivity contribution in [2.75, 3.05) is 0 Å². The van der Waals surface area contributed by atoms with E-state index in [-0.39, 0.29) is 11.8 Å². The molecule has 2 rings (SSSR count). The number of hydrogen-bond acceptors (Lipinski definition) is 4. The number of nitrogens with one attached hydrogen (secondary N) is 2. The summed E-state index contributed by atoms with van der Waals surface area (Å²) in [4.78, 5) is 11.8. The van der Waals surface area contributed by atoms with Gasteiger partial charge in [-0.05, 0) is 19.3 Å². The lowest BCUT2D eigenvalue weighted by molar-refractivity contribution is -0.123. The van der Waals surface area contributed by atoms with Crippen LogP contribution in [0.5, 0.6) is 0 Å². The molecular weight excluding hydrogens is 210 g/mol. The van der Waals surface area contributed by atoms with Crippen LogP contribution in [-0.4, -0.2) is 16.4 Å². The smallest absolute Gasteiger partial charge is 0.229 e. The summed E-state index contributed by atoms with van der Waals surface area (Å²) in [7, 11) is 0. The molecule has 0 bridgehead atoms. The minimum atomic E-state index is 0.150. The van der Waals surface area contributed by atoms with Crippen molar-refractivity contribution in [2.45, 2.75) is 44.4 Å². The molecule has 15 heavy (non-hydrogen) atoms. The number of hydrogen-bond donors (Lipinski definition) is 2. The van der Waals surface area contributed by atoms with Crippen molar-refractivity contribution in [1.29, 1.82) is 0 Å². The van der Waals surface area contributed by atoms with Gasteiger partial charge in [0.25, 0.3) is 0 Å². The molecule has 1 amide bonds. The zero-order valence-corrected chi connectivity index (χ0v) is 9.77. The van der Waals surface area contributed by atoms with E-state index in [0.29, 0.717) is 5.37 Å². The van der Waals surface area contributed by atoms with Crippen LogP contribution in [0, 0.1) is 5.92 Å². The summed E-state index contributed by atoms with van der Waals surface area (Å²) < 4.78 is 0. The van der Waals surface area contributed by atoms with Gasteiger partial charge in [0.1, 0.15) is 0 Å². The average molecular weight is 227 g/mol. The number of thioether (sulfide) groups is 1. The molecule has 0 radical (unpaired) electrons. The van der Waals surface area contributed by atoms with Crippen LogP contribution >= 0.6 is 11.8 Å². The minimum Gasteiger partial charge on any atom is -0.303 e. The monoisotopic (exact) mass is 227 g/mol. The molecule has 5 heteroatoms. The lowest BCUT2D eigenvalue weighted by Crippen LogP contribution is -2.32. The summed E-state index contributed by atoms with van der Waals surface area (Å²) >= 11 is 1.60. The molecule has 2 aliphatic rings. The van der Waals surface area contributed by atoms with Crippen molar-refractivity contribution >= 4 is 22.8 Å². The highest BCUT2D eigenvalue weighted by Crippen LogP contribution is 2.25. The summed E-state index contributed by atoms with van der Waals surface area (Å²) in [6, 6.07) is 0. The molecule has 2 N–H and O–H groups in total. The van der Waals surface area contributed by atoms with Gasteiger partial charge in [0, 0.05) is 5.92 Å². The normalized spacial score (nSPS) is 26.2. The van der Waals surface area contributed by atoms with Gasteiger partial charge in [0.05, 0.1) is 5.37 Å². The van der Waals surface area contributed by atoms with Crippen LogP contribution in [0.15, 0.2) is 5.10 Å². The van der Waals surface area contributed by atoms with Crippen molar-refractivity contribution < 1.29 is 4.79 Å². The number of amides is 1. The Morgan fingerprint density at radius 1 is 1.60 bits per heavy atom. The fourth-order valence-corrected chi connectivity index (χ4v) is 2.75. The summed E-state index contributed by atoms with van der Waals surface area (Å²) in [5.41, 5.74) is 2.99. The van der Waals surface area contributed by atoms with Gasteiger partial charge < -0.3 is 5.32 Å². The quantitative estimate of drug-likeness (QED) is 0.754. The number of amidine groups is 1. The largest absolute Gasteiger partial charge is 0.303 e. The molecule has 0 aromatic carbocycles. The standard InChI is InChI=1S/C10H17N3OS/c1-2-8-12-13-10(15-8)11-9(14)7-5-3-4-6-7/h7-8,12H,2-6H2,1H3,(H,11,13,14). The summed E-state index contributed by atoms with van der Waals surface area (Å²) in [5, 5.41) is 8.05. The lowest BCUT2D eigenvalue weighted by Gasteiger charge is -2.09. The van der Waals surface area contributed by atoms with Crippen molar-refractivity contribution in [3.63, 3.8) is 0 Å². The van der Waals surface area contributed by atoms with E-state index in [1.54, 1.807) is 11.8 Å². The molecule has 1 atom stereocenters. The Hall–Kier alpha value is -0.710. The molecule has 1 aliphatic carbocycles. The molecule has 1 unspecified atom stereocenters. The maximum atomic E-state index is 11.8. The highest BCUT2D eigenvalue weighted by atomic mass is 32.2. The van der Waals surface area contributed by atoms with E-state index >= 15 is 0 Å². The van der Waals surface area contributed by atoms with Crippen LogP contribution in [0.3, 0.4) is 0 Å². The number of carbonyl (C=O) groups is 1. The third-order valence-electron chi connectivity index (χ3n) is 2.89. The SMILES string of the molecule is CCC1NN=C(NC(=O)C2CCCC2)S1. The zero-order chi connectivity index (χ0) is 10.7. The molecule has 1 fully saturated rings. The van der Waals surface area contributed by atoms with Crippen LogP contribution in [-0.2, 0) is 4.79 Å². The van der Waals surface area contributed by atoms with Crippen molar-refractivity contribution in [3.05, 3.63) is 0 Å². The number of rotatable bonds is 2. The Labute approximate surface area is 94.3 Å². The first-order chi connectivity index (χ1) is 7.29. The predicted octanol–water partition coefficient (Wildman–Crippen LogP) is 1.64. The van der Waals surface area contributed by atoms with Gasteiger partial charge in [-0.1, -0.05) is 31.5 Å². The topological polar surface area (TPSA) is 53.5 Å². The minimum absolute atomic E-state index is 0.150. The van der Waals surface area contributed by atoms with E-state index in [1.807, 2.05) is 0 Å². The molecule has 84 valence electrons. The number of hydrazone groups is 1. The molecule has 1 aliphatic heterocycles. The van der Waals surface area contributed by atoms with E-state index in [4.69, 9.17) is 0 Å². The van der Waals surface area contributed by atoms with Crippen molar-refractivity contribution in [3.8, 4) is 0 Å². The third kappa shape index (κ3) is 2.65. The molecule has 0 aromatic heterocycles. The first-order valence-corrected chi connectivity index (χ1v) is 6.48. The lowest BCUT2D eigenvalue weighted by atomic mass is 10.1. The van der Waals surface area contributed by atoms with E-state index in [0.717, 1.165) is 24.4 Å². The van der Waals surface area contributed by atoms with Gasteiger partial charge in [0.15, 0.2) is 5.17 Å². The number of carbonyl (C=O) groups excluding carboxylic acids is 1. The van der Waals surface area contributed by atoms with E-state index < -0.39 is 0 Å². The van der Waals surface area contributed by atoms with Crippen LogP contribution in [0.2, 0.25) is 0 Å². The first kappa shape index (κ1) is 10.8. The highest BCUT2D eigenvalue weighted by Gasteiger charge is 2.25. The van der Waals surface area contributed by atoms with Gasteiger partial charge in [0.2, 0.25) is 5.91 Å². The Morgan fingerprint density at radius 3 is 2.93 bits per heavy atom. The second-order valence-electron chi connectivity index (χ2n) is 4.03. The molecule has 1 heterocycles.